The number of aliphatic hydroxyl groups excluding tert-OH is 1. The number of hydrogen-bond donors (Lipinski definition) is 3. The molecule has 2 aliphatic rings. The third kappa shape index (κ3) is 8.67. The largest absolute Gasteiger partial charge is 0.459 e. The Hall–Kier alpha value is -3.10. The van der Waals surface area contributed by atoms with E-state index in [0.717, 1.165) is 24.1 Å². The highest BCUT2D eigenvalue weighted by molar-refractivity contribution is 6.15. The van der Waals surface area contributed by atoms with Crippen molar-refractivity contribution in [1.82, 2.24) is 25.2 Å². The van der Waals surface area contributed by atoms with Gasteiger partial charge in [0.05, 0.1) is 25.7 Å². The van der Waals surface area contributed by atoms with Crippen LogP contribution in [0.4, 0.5) is 5.69 Å². The van der Waals surface area contributed by atoms with Gasteiger partial charge in [0.2, 0.25) is 6.41 Å². The molecule has 0 bridgehead atoms. The van der Waals surface area contributed by atoms with Crippen LogP contribution in [0.1, 0.15) is 73.6 Å². The summed E-state index contributed by atoms with van der Waals surface area (Å²) in [6.45, 7) is 17.0. The molecule has 2 radical (unpaired) electrons. The molecule has 4 N–H and O–H groups in total. The molecule has 0 aliphatic carbocycles. The first-order chi connectivity index (χ1) is 23.7. The molecule has 2 saturated heterocycles. The van der Waals surface area contributed by atoms with Crippen molar-refractivity contribution in [2.45, 2.75) is 122 Å². The van der Waals surface area contributed by atoms with Gasteiger partial charge in [-0.1, -0.05) is 44.2 Å². The number of Topliss-reactive ketones (excluding diaryl/α,β-unsaturated/α-hetero) is 1. The Labute approximate surface area is 298 Å². The minimum Gasteiger partial charge on any atom is -0.459 e. The number of anilines is 1. The van der Waals surface area contributed by atoms with E-state index in [1.165, 1.54) is 0 Å². The van der Waals surface area contributed by atoms with Crippen LogP contribution in [0.5, 0.6) is 0 Å². The molecule has 10 atom stereocenters. The Balaban J connectivity index is 1.59. The van der Waals surface area contributed by atoms with Crippen LogP contribution in [0, 0.1) is 17.8 Å². The van der Waals surface area contributed by atoms with Gasteiger partial charge < -0.3 is 30.4 Å². The number of fused-ring (bicyclic) bond motifs is 1. The molecule has 1 aromatic carbocycles. The second kappa shape index (κ2) is 16.9. The van der Waals surface area contributed by atoms with Crippen molar-refractivity contribution in [1.29, 1.82) is 0 Å². The van der Waals surface area contributed by atoms with Crippen molar-refractivity contribution in [3.05, 3.63) is 43.1 Å². The fraction of sp³-hybridized carbons (Fsp3) is 0.676. The summed E-state index contributed by atoms with van der Waals surface area (Å²) in [5, 5.41) is 23.8. The first kappa shape index (κ1) is 39.7. The minimum absolute atomic E-state index is 0.106. The highest BCUT2D eigenvalue weighted by Gasteiger charge is 2.58. The topological polar surface area (TPSA) is 154 Å². The second-order valence-electron chi connectivity index (χ2n) is 14.6. The van der Waals surface area contributed by atoms with Crippen molar-refractivity contribution in [2.75, 3.05) is 25.9 Å². The number of nitrogen functional groups attached to an aromatic ring is 1. The van der Waals surface area contributed by atoms with Crippen molar-refractivity contribution >= 4 is 25.3 Å². The zero-order valence-electron chi connectivity index (χ0n) is 30.9. The van der Waals surface area contributed by atoms with Gasteiger partial charge in [0.15, 0.2) is 0 Å². The SMILES string of the molecule is [B][C@@H]1[C@@H](C)C(=O)[C@@H](C)C(=O)O[C@H](CC)[C@@]2(C)OC(O)N(CCCCn3cc(-c4cccc(N)c4)nn3)[C@@H]2[C@@H](CC=C)NC[C@H](C)C[C@@]1(C)OC. The molecule has 2 aromatic rings. The monoisotopic (exact) mass is 692 g/mol. The molecule has 2 aliphatic heterocycles. The first-order valence-corrected chi connectivity index (χ1v) is 18.0. The van der Waals surface area contributed by atoms with Gasteiger partial charge in [-0.3, -0.25) is 14.3 Å². The van der Waals surface area contributed by atoms with Crippen LogP contribution in [0.3, 0.4) is 0 Å². The van der Waals surface area contributed by atoms with Gasteiger partial charge in [0.1, 0.15) is 29.1 Å². The molecule has 2 fully saturated rings. The van der Waals surface area contributed by atoms with Gasteiger partial charge in [0, 0.05) is 43.4 Å². The Kier molecular flexibility index (Phi) is 13.5. The van der Waals surface area contributed by atoms with Crippen molar-refractivity contribution < 1.29 is 28.9 Å². The summed E-state index contributed by atoms with van der Waals surface area (Å²) in [5.41, 5.74) is 6.34. The van der Waals surface area contributed by atoms with Crippen LogP contribution in [0.15, 0.2) is 43.1 Å². The highest BCUT2D eigenvalue weighted by Crippen LogP contribution is 2.42. The maximum Gasteiger partial charge on any atom is 0.316 e. The normalized spacial score (nSPS) is 34.8. The lowest BCUT2D eigenvalue weighted by molar-refractivity contribution is -0.207. The molecule has 0 spiro atoms. The summed E-state index contributed by atoms with van der Waals surface area (Å²) in [7, 11) is 8.30. The molecule has 0 saturated carbocycles. The van der Waals surface area contributed by atoms with Crippen molar-refractivity contribution in [3.8, 4) is 11.3 Å². The number of esters is 1. The summed E-state index contributed by atoms with van der Waals surface area (Å²) in [6, 6.07) is 6.91. The Bertz CT molecular complexity index is 1460. The lowest BCUT2D eigenvalue weighted by Gasteiger charge is -2.43. The summed E-state index contributed by atoms with van der Waals surface area (Å²) < 4.78 is 20.3. The number of nitrogens with zero attached hydrogens (tertiary/aromatic N) is 4. The maximum absolute atomic E-state index is 13.6. The fourth-order valence-corrected chi connectivity index (χ4v) is 7.82. The van der Waals surface area contributed by atoms with E-state index in [4.69, 9.17) is 27.8 Å². The van der Waals surface area contributed by atoms with E-state index in [1.54, 1.807) is 21.0 Å². The molecule has 4 rings (SSSR count). The molecule has 50 heavy (non-hydrogen) atoms. The van der Waals surface area contributed by atoms with Crippen LogP contribution >= 0.6 is 0 Å². The summed E-state index contributed by atoms with van der Waals surface area (Å²) in [6.07, 6.45) is 4.83. The number of hydrogen-bond acceptors (Lipinski definition) is 11. The summed E-state index contributed by atoms with van der Waals surface area (Å²) in [4.78, 5) is 29.2. The molecule has 1 unspecified atom stereocenters. The average molecular weight is 693 g/mol. The van der Waals surface area contributed by atoms with Crippen LogP contribution < -0.4 is 11.1 Å². The van der Waals surface area contributed by atoms with Crippen molar-refractivity contribution in [2.24, 2.45) is 17.8 Å². The van der Waals surface area contributed by atoms with E-state index in [0.29, 0.717) is 44.6 Å². The maximum atomic E-state index is 13.6. The average Bonchev–Trinajstić information content (AvgIpc) is 3.67. The minimum atomic E-state index is -1.24. The fourth-order valence-electron chi connectivity index (χ4n) is 7.82. The number of unbranched alkanes of at least 4 members (excludes halogenated alkanes) is 1. The number of ether oxygens (including phenoxy) is 3. The standard InChI is InChI=1S/C37H57BN6O6/c1-9-14-28-33-37(7,50-35(47)44(33)18-12-11-17-43-22-29(41-42-43)26-15-13-16-27(39)19-26)30(10-2)49-34(46)25(5)31(45)24(4)32(38)36(6,48-8)20-23(3)21-40-28/h9,13,15-16,19,22-25,28,30,32-33,35,40,47H,1,10-12,14,17-18,20-21,39H2,2-8H3/t23-,24+,25-,28-,30-,32-,33-,35?,36-,37-/m1/s1. The van der Waals surface area contributed by atoms with Gasteiger partial charge in [-0.05, 0) is 83.3 Å². The summed E-state index contributed by atoms with van der Waals surface area (Å²) in [5.74, 6) is -3.16. The summed E-state index contributed by atoms with van der Waals surface area (Å²) >= 11 is 0. The van der Waals surface area contributed by atoms with Gasteiger partial charge >= 0.3 is 5.97 Å². The molecule has 13 heteroatoms. The van der Waals surface area contributed by atoms with E-state index in [1.807, 2.05) is 66.9 Å². The predicted octanol–water partition coefficient (Wildman–Crippen LogP) is 4.14. The predicted molar refractivity (Wildman–Crippen MR) is 194 cm³/mol. The van der Waals surface area contributed by atoms with Gasteiger partial charge in [-0.25, -0.2) is 4.90 Å². The van der Waals surface area contributed by atoms with E-state index < -0.39 is 53.4 Å². The number of methoxy groups -OCH3 is 1. The number of nitrogens with one attached hydrogen (secondary N) is 1. The smallest absolute Gasteiger partial charge is 0.316 e. The number of rotatable bonds is 10. The number of carbonyl (C=O) groups is 2. The van der Waals surface area contributed by atoms with E-state index in [2.05, 4.69) is 29.1 Å². The Morgan fingerprint density at radius 2 is 1.94 bits per heavy atom. The number of aromatic nitrogens is 3. The van der Waals surface area contributed by atoms with Crippen molar-refractivity contribution in [3.63, 3.8) is 0 Å². The molecule has 12 nitrogen and oxygen atoms in total. The number of carbonyl (C=O) groups excluding carboxylic acids is 2. The van der Waals surface area contributed by atoms with E-state index in [9.17, 15) is 14.7 Å². The van der Waals surface area contributed by atoms with Gasteiger partial charge in [-0.15, -0.1) is 11.7 Å². The van der Waals surface area contributed by atoms with Crippen LogP contribution in [0.25, 0.3) is 11.3 Å². The van der Waals surface area contributed by atoms with Gasteiger partial charge in [0.25, 0.3) is 0 Å². The van der Waals surface area contributed by atoms with E-state index in [-0.39, 0.29) is 17.7 Å². The second-order valence-corrected chi connectivity index (χ2v) is 14.6. The Morgan fingerprint density at radius 1 is 1.22 bits per heavy atom. The number of ketones is 1. The molecular formula is C37H57BN6O6. The van der Waals surface area contributed by atoms with E-state index >= 15 is 0 Å². The third-order valence-electron chi connectivity index (χ3n) is 10.9. The number of aliphatic hydroxyl groups is 1. The molecule has 0 amide bonds. The van der Waals surface area contributed by atoms with Gasteiger partial charge in [-0.2, -0.15) is 0 Å². The lowest BCUT2D eigenvalue weighted by Crippen LogP contribution is -2.61. The molecular weight excluding hydrogens is 635 g/mol. The third-order valence-corrected chi connectivity index (χ3v) is 10.9. The molecule has 274 valence electrons. The number of benzene rings is 1. The van der Waals surface area contributed by atoms with Crippen LogP contribution in [0.2, 0.25) is 5.82 Å². The van der Waals surface area contributed by atoms with Crippen LogP contribution in [-0.4, -0.2) is 101 Å². The quantitative estimate of drug-likeness (QED) is 0.0822. The zero-order chi connectivity index (χ0) is 36.8. The highest BCUT2D eigenvalue weighted by atomic mass is 16.7. The lowest BCUT2D eigenvalue weighted by atomic mass is 9.62. The molecule has 1 aromatic heterocycles. The first-order valence-electron chi connectivity index (χ1n) is 18.0. The van der Waals surface area contributed by atoms with Crippen LogP contribution in [-0.2, 0) is 30.3 Å². The zero-order valence-corrected chi connectivity index (χ0v) is 30.9. The number of cyclic esters (lactones) is 1. The molecule has 3 heterocycles. The number of nitrogens with two attached hydrogens (primary N) is 1. The number of aryl methyl sites for hydroxylation is 1. The Morgan fingerprint density at radius 3 is 2.60 bits per heavy atom.